The van der Waals surface area contributed by atoms with Crippen molar-refractivity contribution in [2.45, 2.75) is 33.1 Å². The molecule has 0 radical (unpaired) electrons. The molecular formula is C16H16N4O2S. The molecule has 7 heteroatoms. The van der Waals surface area contributed by atoms with Crippen molar-refractivity contribution in [3.05, 3.63) is 28.2 Å². The number of carboxylic acids is 1. The highest BCUT2D eigenvalue weighted by atomic mass is 32.1. The molecule has 1 N–H and O–H groups in total. The van der Waals surface area contributed by atoms with E-state index < -0.39 is 5.97 Å². The van der Waals surface area contributed by atoms with E-state index in [0.717, 1.165) is 40.6 Å². The zero-order valence-corrected chi connectivity index (χ0v) is 13.7. The van der Waals surface area contributed by atoms with E-state index in [-0.39, 0.29) is 0 Å². The lowest BCUT2D eigenvalue weighted by molar-refractivity contribution is -0.131. The van der Waals surface area contributed by atoms with Gasteiger partial charge in [0.05, 0.1) is 5.39 Å². The zero-order chi connectivity index (χ0) is 16.1. The Bertz CT molecular complexity index is 970. The van der Waals surface area contributed by atoms with Gasteiger partial charge < -0.3 is 5.11 Å². The molecule has 23 heavy (non-hydrogen) atoms. The Morgan fingerprint density at radius 2 is 2.26 bits per heavy atom. The predicted molar refractivity (Wildman–Crippen MR) is 88.8 cm³/mol. The summed E-state index contributed by atoms with van der Waals surface area (Å²) in [6, 6.07) is 0. The minimum absolute atomic E-state index is 0.397. The molecule has 0 spiro atoms. The van der Waals surface area contributed by atoms with Crippen LogP contribution in [-0.2, 0) is 17.6 Å². The van der Waals surface area contributed by atoms with Gasteiger partial charge in [-0.05, 0) is 43.7 Å². The second-order valence-corrected chi connectivity index (χ2v) is 7.15. The third-order valence-corrected chi connectivity index (χ3v) is 5.47. The number of aryl methyl sites for hydroxylation is 2. The molecule has 0 aromatic carbocycles. The molecule has 0 amide bonds. The number of hydrogen-bond donors (Lipinski definition) is 1. The highest BCUT2D eigenvalue weighted by Gasteiger charge is 2.24. The normalized spacial score (nSPS) is 18.1. The number of hydrogen-bond acceptors (Lipinski definition) is 5. The molecule has 3 aromatic heterocycles. The van der Waals surface area contributed by atoms with Crippen LogP contribution in [0, 0.1) is 12.8 Å². The number of carboxylic acid groups (broad SMARTS) is 1. The van der Waals surface area contributed by atoms with Gasteiger partial charge in [0.2, 0.25) is 0 Å². The van der Waals surface area contributed by atoms with Gasteiger partial charge in [-0.25, -0.2) is 14.8 Å². The van der Waals surface area contributed by atoms with Crippen molar-refractivity contribution >= 4 is 39.2 Å². The Morgan fingerprint density at radius 1 is 1.43 bits per heavy atom. The zero-order valence-electron chi connectivity index (χ0n) is 12.9. The molecule has 1 atom stereocenters. The fourth-order valence-corrected chi connectivity index (χ4v) is 4.44. The quantitative estimate of drug-likeness (QED) is 0.732. The summed E-state index contributed by atoms with van der Waals surface area (Å²) in [4.78, 5) is 22.3. The first kappa shape index (κ1) is 14.3. The molecule has 1 aliphatic rings. The molecule has 6 nitrogen and oxygen atoms in total. The lowest BCUT2D eigenvalue weighted by atomic mass is 9.89. The molecule has 0 unspecified atom stereocenters. The van der Waals surface area contributed by atoms with Crippen LogP contribution in [0.4, 0.5) is 0 Å². The number of fused-ring (bicyclic) bond motifs is 5. The van der Waals surface area contributed by atoms with Crippen LogP contribution in [0.3, 0.4) is 0 Å². The van der Waals surface area contributed by atoms with Crippen LogP contribution in [0.25, 0.3) is 21.9 Å². The van der Waals surface area contributed by atoms with E-state index in [1.807, 2.05) is 6.92 Å². The molecule has 4 rings (SSSR count). The van der Waals surface area contributed by atoms with Crippen molar-refractivity contribution in [3.8, 4) is 0 Å². The minimum Gasteiger partial charge on any atom is -0.478 e. The van der Waals surface area contributed by atoms with Gasteiger partial charge in [-0.2, -0.15) is 4.52 Å². The maximum Gasteiger partial charge on any atom is 0.328 e. The molecule has 1 aliphatic carbocycles. The number of rotatable bonds is 2. The summed E-state index contributed by atoms with van der Waals surface area (Å²) in [6.45, 7) is 4.17. The fraction of sp³-hybridized carbons (Fsp3) is 0.375. The van der Waals surface area contributed by atoms with Crippen molar-refractivity contribution in [2.24, 2.45) is 5.92 Å². The van der Waals surface area contributed by atoms with Crippen molar-refractivity contribution in [1.82, 2.24) is 19.6 Å². The van der Waals surface area contributed by atoms with Gasteiger partial charge in [0, 0.05) is 11.0 Å². The predicted octanol–water partition coefficient (Wildman–Crippen LogP) is 2.87. The topological polar surface area (TPSA) is 80.4 Å². The summed E-state index contributed by atoms with van der Waals surface area (Å²) in [5.74, 6) is 0.816. The number of aliphatic carboxylic acids is 1. The van der Waals surface area contributed by atoms with Gasteiger partial charge in [-0.1, -0.05) is 6.92 Å². The van der Waals surface area contributed by atoms with Gasteiger partial charge in [-0.15, -0.1) is 16.4 Å². The SMILES string of the molecule is Cc1nc2sc3c(c2c2nc(/C=C/C(=O)O)nn12)C[C@H](C)CC3. The summed E-state index contributed by atoms with van der Waals surface area (Å²) < 4.78 is 1.72. The van der Waals surface area contributed by atoms with E-state index in [0.29, 0.717) is 11.7 Å². The van der Waals surface area contributed by atoms with Crippen LogP contribution in [0.1, 0.15) is 35.4 Å². The van der Waals surface area contributed by atoms with Crippen LogP contribution < -0.4 is 0 Å². The first-order valence-corrected chi connectivity index (χ1v) is 8.43. The molecular weight excluding hydrogens is 312 g/mol. The monoisotopic (exact) mass is 328 g/mol. The molecule has 0 aliphatic heterocycles. The van der Waals surface area contributed by atoms with Crippen LogP contribution >= 0.6 is 11.3 Å². The first-order chi connectivity index (χ1) is 11.0. The Balaban J connectivity index is 1.99. The van der Waals surface area contributed by atoms with Crippen molar-refractivity contribution in [1.29, 1.82) is 0 Å². The van der Waals surface area contributed by atoms with E-state index in [1.54, 1.807) is 15.9 Å². The summed E-state index contributed by atoms with van der Waals surface area (Å²) in [5.41, 5.74) is 2.13. The third kappa shape index (κ3) is 2.31. The average Bonchev–Trinajstić information content (AvgIpc) is 3.06. The Kier molecular flexibility index (Phi) is 3.19. The highest BCUT2D eigenvalue weighted by molar-refractivity contribution is 7.19. The van der Waals surface area contributed by atoms with E-state index in [2.05, 4.69) is 22.0 Å². The van der Waals surface area contributed by atoms with E-state index in [9.17, 15) is 4.79 Å². The minimum atomic E-state index is -1.01. The number of nitrogens with zero attached hydrogens (tertiary/aromatic N) is 4. The van der Waals surface area contributed by atoms with Crippen LogP contribution in [0.2, 0.25) is 0 Å². The van der Waals surface area contributed by atoms with E-state index in [1.165, 1.54) is 22.9 Å². The van der Waals surface area contributed by atoms with Crippen LogP contribution in [-0.4, -0.2) is 30.7 Å². The van der Waals surface area contributed by atoms with Crippen LogP contribution in [0.15, 0.2) is 6.08 Å². The second-order valence-electron chi connectivity index (χ2n) is 6.07. The number of aromatic nitrogens is 4. The summed E-state index contributed by atoms with van der Waals surface area (Å²) >= 11 is 1.75. The first-order valence-electron chi connectivity index (χ1n) is 7.61. The molecule has 118 valence electrons. The van der Waals surface area contributed by atoms with Gasteiger partial charge in [0.15, 0.2) is 11.5 Å². The van der Waals surface area contributed by atoms with Crippen molar-refractivity contribution in [2.75, 3.05) is 0 Å². The largest absolute Gasteiger partial charge is 0.478 e. The van der Waals surface area contributed by atoms with Crippen molar-refractivity contribution in [3.63, 3.8) is 0 Å². The molecule has 0 saturated heterocycles. The summed E-state index contributed by atoms with van der Waals surface area (Å²) in [7, 11) is 0. The van der Waals surface area contributed by atoms with Crippen LogP contribution in [0.5, 0.6) is 0 Å². The maximum absolute atomic E-state index is 10.7. The number of thiophene rings is 1. The Hall–Kier alpha value is -2.28. The van der Waals surface area contributed by atoms with Gasteiger partial charge in [0.25, 0.3) is 0 Å². The fourth-order valence-electron chi connectivity index (χ4n) is 3.18. The molecule has 0 saturated carbocycles. The summed E-state index contributed by atoms with van der Waals surface area (Å²) in [5, 5.41) is 14.2. The maximum atomic E-state index is 10.7. The lowest BCUT2D eigenvalue weighted by Gasteiger charge is -2.17. The smallest absolute Gasteiger partial charge is 0.328 e. The second kappa shape index (κ2) is 5.13. The van der Waals surface area contributed by atoms with Gasteiger partial charge >= 0.3 is 5.97 Å². The van der Waals surface area contributed by atoms with Crippen molar-refractivity contribution < 1.29 is 9.90 Å². The van der Waals surface area contributed by atoms with Gasteiger partial charge in [-0.3, -0.25) is 0 Å². The molecule has 3 heterocycles. The molecule has 3 aromatic rings. The summed E-state index contributed by atoms with van der Waals surface area (Å²) in [6.07, 6.45) is 5.84. The average molecular weight is 328 g/mol. The Labute approximate surface area is 136 Å². The van der Waals surface area contributed by atoms with E-state index >= 15 is 0 Å². The van der Waals surface area contributed by atoms with E-state index in [4.69, 9.17) is 5.11 Å². The highest BCUT2D eigenvalue weighted by Crippen LogP contribution is 2.38. The number of carbonyl (C=O) groups is 1. The van der Waals surface area contributed by atoms with Gasteiger partial charge in [0.1, 0.15) is 10.7 Å². The third-order valence-electron chi connectivity index (χ3n) is 4.28. The standard InChI is InChI=1S/C16H16N4O2S/c1-8-3-4-11-10(7-8)14-15-18-12(5-6-13(21)22)19-20(15)9(2)17-16(14)23-11/h5-6,8H,3-4,7H2,1-2H3,(H,21,22)/b6-5+/t8-/m1/s1. The Morgan fingerprint density at radius 3 is 3.04 bits per heavy atom. The molecule has 0 fully saturated rings. The lowest BCUT2D eigenvalue weighted by Crippen LogP contribution is -2.09. The molecule has 0 bridgehead atoms.